The van der Waals surface area contributed by atoms with Gasteiger partial charge in [0.25, 0.3) is 5.97 Å². The smallest absolute Gasteiger partial charge is 0.300 e. The fourth-order valence-corrected chi connectivity index (χ4v) is 2.64. The van der Waals surface area contributed by atoms with Gasteiger partial charge in [-0.25, -0.2) is 0 Å². The van der Waals surface area contributed by atoms with Crippen LogP contribution >= 0.6 is 0 Å². The van der Waals surface area contributed by atoms with Crippen LogP contribution in [0.4, 0.5) is 0 Å². The zero-order chi connectivity index (χ0) is 20.1. The molecule has 0 atom stereocenters. The molecule has 0 aliphatic rings. The Bertz CT molecular complexity index is 631. The molecule has 5 nitrogen and oxygen atoms in total. The molecule has 0 saturated heterocycles. The van der Waals surface area contributed by atoms with E-state index in [0.717, 1.165) is 50.0 Å². The summed E-state index contributed by atoms with van der Waals surface area (Å²) < 4.78 is 5.41. The lowest BCUT2D eigenvalue weighted by atomic mass is 10.1. The Morgan fingerprint density at radius 1 is 1.31 bits per heavy atom. The number of aryl methyl sites for hydroxylation is 2. The van der Waals surface area contributed by atoms with Gasteiger partial charge in [-0.2, -0.15) is 0 Å². The molecule has 0 aliphatic carbocycles. The van der Waals surface area contributed by atoms with Crippen LogP contribution in [-0.4, -0.2) is 40.8 Å². The van der Waals surface area contributed by atoms with Crippen molar-refractivity contribution in [2.75, 3.05) is 19.6 Å². The van der Waals surface area contributed by atoms with E-state index in [-0.39, 0.29) is 0 Å². The number of hydrogen-bond acceptors (Lipinski definition) is 4. The number of benzene rings is 1. The lowest BCUT2D eigenvalue weighted by molar-refractivity contribution is -0.134. The Kier molecular flexibility index (Phi) is 12.4. The Morgan fingerprint density at radius 3 is 2.46 bits per heavy atom. The average molecular weight is 365 g/mol. The lowest BCUT2D eigenvalue weighted by Crippen LogP contribution is -2.28. The summed E-state index contributed by atoms with van der Waals surface area (Å²) in [5.74, 6) is -0.106. The quantitative estimate of drug-likeness (QED) is 0.734. The van der Waals surface area contributed by atoms with Crippen LogP contribution < -0.4 is 0 Å². The largest absolute Gasteiger partial charge is 0.481 e. The number of nitrogens with zero attached hydrogens (tertiary/aromatic N) is 2. The van der Waals surface area contributed by atoms with Gasteiger partial charge in [-0.15, -0.1) is 0 Å². The van der Waals surface area contributed by atoms with Crippen molar-refractivity contribution in [3.05, 3.63) is 29.5 Å². The van der Waals surface area contributed by atoms with Crippen molar-refractivity contribution in [3.63, 3.8) is 0 Å². The highest BCUT2D eigenvalue weighted by Crippen LogP contribution is 2.20. The molecule has 2 rings (SSSR count). The summed E-state index contributed by atoms with van der Waals surface area (Å²) in [5, 5.41) is 12.8. The first-order valence-corrected chi connectivity index (χ1v) is 9.60. The highest BCUT2D eigenvalue weighted by atomic mass is 16.5. The van der Waals surface area contributed by atoms with Gasteiger partial charge in [-0.05, 0) is 56.5 Å². The van der Waals surface area contributed by atoms with Crippen LogP contribution in [-0.2, 0) is 11.2 Å². The summed E-state index contributed by atoms with van der Waals surface area (Å²) >= 11 is 0. The maximum absolute atomic E-state index is 9.00. The molecule has 1 aromatic carbocycles. The van der Waals surface area contributed by atoms with Gasteiger partial charge in [0.15, 0.2) is 5.58 Å². The maximum Gasteiger partial charge on any atom is 0.300 e. The Balaban J connectivity index is 0.000000920. The summed E-state index contributed by atoms with van der Waals surface area (Å²) in [6.45, 7) is 17.4. The molecule has 0 fully saturated rings. The summed E-state index contributed by atoms with van der Waals surface area (Å²) in [4.78, 5) is 11.5. The second-order valence-corrected chi connectivity index (χ2v) is 6.54. The number of carbonyl (C=O) groups is 1. The molecule has 1 aromatic heterocycles. The van der Waals surface area contributed by atoms with E-state index in [1.54, 1.807) is 0 Å². The summed E-state index contributed by atoms with van der Waals surface area (Å²) in [6, 6.07) is 6.31. The van der Waals surface area contributed by atoms with Gasteiger partial charge in [-0.1, -0.05) is 45.8 Å². The molecule has 148 valence electrons. The first-order chi connectivity index (χ1) is 12.3. The SMILES string of the molecule is CC.CC(=O)O.CCN(CCCc1noc2cc(C)ccc12)CC(C)C. The number of fused-ring (bicyclic) bond motifs is 1. The number of carboxylic acid groups (broad SMARTS) is 1. The van der Waals surface area contributed by atoms with E-state index in [0.29, 0.717) is 0 Å². The molecule has 5 heteroatoms. The standard InChI is InChI=1S/C17H26N2O.C2H4O2.C2H6/c1-5-19(12-13(2)3)10-6-7-16-15-9-8-14(4)11-17(15)20-18-16;1-2(3)4;1-2/h8-9,11,13H,5-7,10,12H2,1-4H3;1H3,(H,3,4);1-2H3. The Labute approximate surface area is 158 Å². The average Bonchev–Trinajstić information content (AvgIpc) is 2.97. The van der Waals surface area contributed by atoms with Crippen LogP contribution in [0.2, 0.25) is 0 Å². The number of aliphatic carboxylic acids is 1. The normalized spacial score (nSPS) is 10.3. The molecule has 1 N–H and O–H groups in total. The summed E-state index contributed by atoms with van der Waals surface area (Å²) in [6.07, 6.45) is 2.13. The fourth-order valence-electron chi connectivity index (χ4n) is 2.64. The van der Waals surface area contributed by atoms with Crippen molar-refractivity contribution in [2.24, 2.45) is 5.92 Å². The van der Waals surface area contributed by atoms with E-state index in [9.17, 15) is 0 Å². The Hall–Kier alpha value is -1.88. The van der Waals surface area contributed by atoms with Crippen LogP contribution in [0, 0.1) is 12.8 Å². The van der Waals surface area contributed by atoms with Crippen LogP contribution in [0.5, 0.6) is 0 Å². The third-order valence-corrected chi connectivity index (χ3v) is 3.66. The molecule has 0 unspecified atom stereocenters. The molecule has 0 aliphatic heterocycles. The zero-order valence-corrected chi connectivity index (χ0v) is 17.5. The minimum atomic E-state index is -0.833. The van der Waals surface area contributed by atoms with E-state index in [1.165, 1.54) is 17.5 Å². The van der Waals surface area contributed by atoms with E-state index < -0.39 is 5.97 Å². The number of hydrogen-bond donors (Lipinski definition) is 1. The third kappa shape index (κ3) is 9.56. The maximum atomic E-state index is 9.00. The first-order valence-electron chi connectivity index (χ1n) is 9.60. The Morgan fingerprint density at radius 2 is 1.92 bits per heavy atom. The van der Waals surface area contributed by atoms with Crippen LogP contribution in [0.15, 0.2) is 22.7 Å². The highest BCUT2D eigenvalue weighted by Gasteiger charge is 2.09. The monoisotopic (exact) mass is 364 g/mol. The fraction of sp³-hybridized carbons (Fsp3) is 0.619. The van der Waals surface area contributed by atoms with Gasteiger partial charge in [0, 0.05) is 18.9 Å². The van der Waals surface area contributed by atoms with Crippen LogP contribution in [0.3, 0.4) is 0 Å². The molecule has 1 heterocycles. The van der Waals surface area contributed by atoms with Gasteiger partial charge in [-0.3, -0.25) is 4.79 Å². The molecule has 0 amide bonds. The second kappa shape index (κ2) is 13.3. The van der Waals surface area contributed by atoms with E-state index in [1.807, 2.05) is 13.8 Å². The predicted molar refractivity (Wildman–Crippen MR) is 109 cm³/mol. The molecule has 26 heavy (non-hydrogen) atoms. The van der Waals surface area contributed by atoms with Crippen LogP contribution in [0.25, 0.3) is 11.0 Å². The highest BCUT2D eigenvalue weighted by molar-refractivity contribution is 5.79. The topological polar surface area (TPSA) is 66.6 Å². The van der Waals surface area contributed by atoms with Gasteiger partial charge in [0.2, 0.25) is 0 Å². The lowest BCUT2D eigenvalue weighted by Gasteiger charge is -2.22. The molecule has 0 saturated carbocycles. The van der Waals surface area contributed by atoms with E-state index in [4.69, 9.17) is 14.4 Å². The second-order valence-electron chi connectivity index (χ2n) is 6.54. The van der Waals surface area contributed by atoms with Crippen molar-refractivity contribution < 1.29 is 14.4 Å². The zero-order valence-electron chi connectivity index (χ0n) is 17.5. The van der Waals surface area contributed by atoms with Crippen molar-refractivity contribution in [1.82, 2.24) is 10.1 Å². The van der Waals surface area contributed by atoms with Crippen molar-refractivity contribution in [3.8, 4) is 0 Å². The van der Waals surface area contributed by atoms with E-state index in [2.05, 4.69) is 56.0 Å². The van der Waals surface area contributed by atoms with Crippen molar-refractivity contribution >= 4 is 16.9 Å². The predicted octanol–water partition coefficient (Wildman–Crippen LogP) is 5.16. The van der Waals surface area contributed by atoms with Gasteiger partial charge in [0.1, 0.15) is 0 Å². The molecule has 0 bridgehead atoms. The minimum Gasteiger partial charge on any atom is -0.481 e. The first kappa shape index (κ1) is 24.1. The number of aromatic nitrogens is 1. The summed E-state index contributed by atoms with van der Waals surface area (Å²) in [7, 11) is 0. The molecule has 0 radical (unpaired) electrons. The third-order valence-electron chi connectivity index (χ3n) is 3.66. The minimum absolute atomic E-state index is 0.728. The molecule has 2 aromatic rings. The molecular formula is C21H36N2O3. The van der Waals surface area contributed by atoms with Gasteiger partial charge in [0.05, 0.1) is 5.69 Å². The van der Waals surface area contributed by atoms with Gasteiger partial charge >= 0.3 is 0 Å². The van der Waals surface area contributed by atoms with Crippen molar-refractivity contribution in [1.29, 1.82) is 0 Å². The van der Waals surface area contributed by atoms with Gasteiger partial charge < -0.3 is 14.5 Å². The van der Waals surface area contributed by atoms with Crippen molar-refractivity contribution in [2.45, 2.75) is 61.3 Å². The van der Waals surface area contributed by atoms with E-state index >= 15 is 0 Å². The molecule has 0 spiro atoms. The number of rotatable bonds is 7. The number of carboxylic acids is 1. The summed E-state index contributed by atoms with van der Waals surface area (Å²) in [5.41, 5.74) is 3.23. The molecular weight excluding hydrogens is 328 g/mol. The van der Waals surface area contributed by atoms with Crippen LogP contribution in [0.1, 0.15) is 59.2 Å².